The summed E-state index contributed by atoms with van der Waals surface area (Å²) in [4.78, 5) is 17.4. The molecule has 0 saturated heterocycles. The molecule has 0 aromatic carbocycles. The fourth-order valence-electron chi connectivity index (χ4n) is 2.48. The number of hydrogen-bond acceptors (Lipinski definition) is 5. The summed E-state index contributed by atoms with van der Waals surface area (Å²) in [6.07, 6.45) is 8.07. The Balaban J connectivity index is 0.000000172. The summed E-state index contributed by atoms with van der Waals surface area (Å²) in [6.45, 7) is 6.42. The SMILES string of the molecule is C1CCc2nnnn2CC1.CCN(CC)C(=O)c1cccnc1. The summed E-state index contributed by atoms with van der Waals surface area (Å²) in [5.41, 5.74) is 0.659. The average molecular weight is 316 g/mol. The van der Waals surface area contributed by atoms with E-state index in [0.717, 1.165) is 31.9 Å². The lowest BCUT2D eigenvalue weighted by atomic mass is 10.2. The molecule has 1 aliphatic rings. The zero-order valence-electron chi connectivity index (χ0n) is 13.9. The van der Waals surface area contributed by atoms with Crippen LogP contribution in [0.2, 0.25) is 0 Å². The van der Waals surface area contributed by atoms with E-state index in [2.05, 4.69) is 20.5 Å². The molecule has 0 unspecified atom stereocenters. The van der Waals surface area contributed by atoms with E-state index in [0.29, 0.717) is 5.56 Å². The maximum atomic E-state index is 11.7. The first-order chi connectivity index (χ1) is 11.3. The molecule has 7 nitrogen and oxygen atoms in total. The van der Waals surface area contributed by atoms with Crippen LogP contribution in [0.3, 0.4) is 0 Å². The van der Waals surface area contributed by atoms with Crippen LogP contribution in [0.25, 0.3) is 0 Å². The second-order valence-electron chi connectivity index (χ2n) is 5.35. The van der Waals surface area contributed by atoms with Gasteiger partial charge in [0.2, 0.25) is 0 Å². The highest BCUT2D eigenvalue weighted by atomic mass is 16.2. The van der Waals surface area contributed by atoms with Crippen molar-refractivity contribution in [2.75, 3.05) is 13.1 Å². The lowest BCUT2D eigenvalue weighted by Crippen LogP contribution is -2.30. The topological polar surface area (TPSA) is 76.8 Å². The third-order valence-electron chi connectivity index (χ3n) is 3.84. The van der Waals surface area contributed by atoms with E-state index in [-0.39, 0.29) is 5.91 Å². The number of aromatic nitrogens is 5. The van der Waals surface area contributed by atoms with Crippen molar-refractivity contribution in [2.45, 2.75) is 46.1 Å². The molecule has 23 heavy (non-hydrogen) atoms. The quantitative estimate of drug-likeness (QED) is 0.865. The van der Waals surface area contributed by atoms with Gasteiger partial charge in [0.15, 0.2) is 5.82 Å². The first kappa shape index (κ1) is 17.1. The normalized spacial score (nSPS) is 13.3. The highest BCUT2D eigenvalue weighted by molar-refractivity contribution is 5.93. The van der Waals surface area contributed by atoms with Gasteiger partial charge in [-0.25, -0.2) is 4.68 Å². The van der Waals surface area contributed by atoms with Crippen LogP contribution in [0, 0.1) is 0 Å². The summed E-state index contributed by atoms with van der Waals surface area (Å²) in [5, 5.41) is 11.4. The molecule has 1 amide bonds. The highest BCUT2D eigenvalue weighted by Crippen LogP contribution is 2.09. The first-order valence-electron chi connectivity index (χ1n) is 8.20. The van der Waals surface area contributed by atoms with Gasteiger partial charge in [0.1, 0.15) is 0 Å². The van der Waals surface area contributed by atoms with E-state index in [1.807, 2.05) is 18.5 Å². The molecule has 0 bridgehead atoms. The van der Waals surface area contributed by atoms with E-state index >= 15 is 0 Å². The molecule has 0 spiro atoms. The lowest BCUT2D eigenvalue weighted by Gasteiger charge is -2.17. The number of hydrogen-bond donors (Lipinski definition) is 0. The molecule has 3 rings (SSSR count). The zero-order chi connectivity index (χ0) is 16.5. The number of carbonyl (C=O) groups is 1. The summed E-state index contributed by atoms with van der Waals surface area (Å²) in [6, 6.07) is 3.56. The molecule has 0 radical (unpaired) electrons. The second-order valence-corrected chi connectivity index (χ2v) is 5.35. The van der Waals surface area contributed by atoms with Crippen molar-refractivity contribution in [1.82, 2.24) is 30.1 Å². The minimum absolute atomic E-state index is 0.0538. The second kappa shape index (κ2) is 8.97. The number of pyridine rings is 1. The summed E-state index contributed by atoms with van der Waals surface area (Å²) < 4.78 is 1.91. The number of tetrazole rings is 1. The third-order valence-corrected chi connectivity index (χ3v) is 3.84. The van der Waals surface area contributed by atoms with E-state index < -0.39 is 0 Å². The maximum absolute atomic E-state index is 11.7. The summed E-state index contributed by atoms with van der Waals surface area (Å²) in [7, 11) is 0. The molecule has 0 saturated carbocycles. The van der Waals surface area contributed by atoms with E-state index in [4.69, 9.17) is 0 Å². The summed E-state index contributed by atoms with van der Waals surface area (Å²) >= 11 is 0. The van der Waals surface area contributed by atoms with Crippen molar-refractivity contribution >= 4 is 5.91 Å². The van der Waals surface area contributed by atoms with Gasteiger partial charge in [0, 0.05) is 38.4 Å². The van der Waals surface area contributed by atoms with Crippen LogP contribution >= 0.6 is 0 Å². The fourth-order valence-corrected chi connectivity index (χ4v) is 2.48. The monoisotopic (exact) mass is 316 g/mol. The number of nitrogens with zero attached hydrogens (tertiary/aromatic N) is 6. The molecule has 3 heterocycles. The molecule has 124 valence electrons. The molecule has 0 N–H and O–H groups in total. The van der Waals surface area contributed by atoms with Crippen LogP contribution in [0.4, 0.5) is 0 Å². The Labute approximate surface area is 136 Å². The van der Waals surface area contributed by atoms with Crippen molar-refractivity contribution in [2.24, 2.45) is 0 Å². The Morgan fingerprint density at radius 3 is 2.78 bits per heavy atom. The average Bonchev–Trinajstić information content (AvgIpc) is 2.93. The standard InChI is InChI=1S/C10H14N2O.C6H10N4/c1-3-12(4-2)10(13)9-6-5-7-11-8-9;1-2-4-6-7-8-9-10(6)5-3-1/h5-8H,3-4H2,1-2H3;1-5H2. The number of fused-ring (bicyclic) bond motifs is 1. The van der Waals surface area contributed by atoms with Gasteiger partial charge in [-0.3, -0.25) is 9.78 Å². The Bertz CT molecular complexity index is 573. The molecule has 7 heteroatoms. The first-order valence-corrected chi connectivity index (χ1v) is 8.20. The van der Waals surface area contributed by atoms with Gasteiger partial charge < -0.3 is 4.90 Å². The highest BCUT2D eigenvalue weighted by Gasteiger charge is 2.11. The molecule has 0 aliphatic carbocycles. The van der Waals surface area contributed by atoms with Crippen LogP contribution in [-0.4, -0.2) is 49.1 Å². The van der Waals surface area contributed by atoms with Crippen LogP contribution < -0.4 is 0 Å². The van der Waals surface area contributed by atoms with Gasteiger partial charge >= 0.3 is 0 Å². The Hall–Kier alpha value is -2.31. The summed E-state index contributed by atoms with van der Waals surface area (Å²) in [5.74, 6) is 1.11. The van der Waals surface area contributed by atoms with Crippen molar-refractivity contribution in [3.63, 3.8) is 0 Å². The van der Waals surface area contributed by atoms with Gasteiger partial charge in [-0.1, -0.05) is 6.42 Å². The van der Waals surface area contributed by atoms with E-state index in [1.165, 1.54) is 19.3 Å². The van der Waals surface area contributed by atoms with Gasteiger partial charge in [0.25, 0.3) is 5.91 Å². The molecule has 2 aromatic rings. The number of carbonyl (C=O) groups excluding carboxylic acids is 1. The van der Waals surface area contributed by atoms with Crippen LogP contribution in [0.5, 0.6) is 0 Å². The van der Waals surface area contributed by atoms with Crippen LogP contribution in [0.1, 0.15) is 49.3 Å². The molecular formula is C16H24N6O. The minimum Gasteiger partial charge on any atom is -0.339 e. The number of aryl methyl sites for hydroxylation is 2. The minimum atomic E-state index is 0.0538. The maximum Gasteiger partial charge on any atom is 0.255 e. The fraction of sp³-hybridized carbons (Fsp3) is 0.562. The van der Waals surface area contributed by atoms with Gasteiger partial charge in [-0.2, -0.15) is 0 Å². The zero-order valence-corrected chi connectivity index (χ0v) is 13.9. The Morgan fingerprint density at radius 1 is 1.26 bits per heavy atom. The van der Waals surface area contributed by atoms with E-state index in [9.17, 15) is 4.79 Å². The van der Waals surface area contributed by atoms with Crippen LogP contribution in [0.15, 0.2) is 24.5 Å². The van der Waals surface area contributed by atoms with Crippen LogP contribution in [-0.2, 0) is 13.0 Å². The molecule has 1 aliphatic heterocycles. The predicted octanol–water partition coefficient (Wildman–Crippen LogP) is 1.96. The Morgan fingerprint density at radius 2 is 2.09 bits per heavy atom. The third kappa shape index (κ3) is 4.84. The predicted molar refractivity (Wildman–Crippen MR) is 86.9 cm³/mol. The molecule has 0 atom stereocenters. The van der Waals surface area contributed by atoms with Crippen molar-refractivity contribution in [3.05, 3.63) is 35.9 Å². The smallest absolute Gasteiger partial charge is 0.255 e. The van der Waals surface area contributed by atoms with Crippen molar-refractivity contribution in [1.29, 1.82) is 0 Å². The number of rotatable bonds is 3. The largest absolute Gasteiger partial charge is 0.339 e. The van der Waals surface area contributed by atoms with Crippen molar-refractivity contribution in [3.8, 4) is 0 Å². The van der Waals surface area contributed by atoms with E-state index in [1.54, 1.807) is 29.4 Å². The van der Waals surface area contributed by atoms with Gasteiger partial charge in [0.05, 0.1) is 5.56 Å². The van der Waals surface area contributed by atoms with Gasteiger partial charge in [-0.05, 0) is 49.2 Å². The molecular weight excluding hydrogens is 292 g/mol. The molecule has 0 fully saturated rings. The Kier molecular flexibility index (Phi) is 6.65. The number of amides is 1. The lowest BCUT2D eigenvalue weighted by molar-refractivity contribution is 0.0772. The van der Waals surface area contributed by atoms with Crippen molar-refractivity contribution < 1.29 is 4.79 Å². The molecule has 2 aromatic heterocycles. The van der Waals surface area contributed by atoms with Gasteiger partial charge in [-0.15, -0.1) is 5.10 Å².